The average molecular weight is 197 g/mol. The Balaban J connectivity index is 2.08. The van der Waals surface area contributed by atoms with Crippen molar-refractivity contribution >= 4 is 11.5 Å². The largest absolute Gasteiger partial charge is 0.396 e. The second-order valence-electron chi connectivity index (χ2n) is 3.30. The summed E-state index contributed by atoms with van der Waals surface area (Å²) in [6.45, 7) is 1.40. The Bertz CT molecular complexity index is 326. The Morgan fingerprint density at radius 1 is 1.64 bits per heavy atom. The molecule has 0 saturated carbocycles. The van der Waals surface area contributed by atoms with E-state index in [1.165, 1.54) is 6.07 Å². The second-order valence-corrected chi connectivity index (χ2v) is 3.30. The number of nitrogens with two attached hydrogens (primary N) is 1. The van der Waals surface area contributed by atoms with Crippen LogP contribution in [0.3, 0.4) is 0 Å². The lowest BCUT2D eigenvalue weighted by Crippen LogP contribution is -2.20. The van der Waals surface area contributed by atoms with Crippen LogP contribution in [0.15, 0.2) is 12.3 Å². The van der Waals surface area contributed by atoms with E-state index >= 15 is 0 Å². The molecule has 0 aliphatic carbocycles. The molecule has 1 aliphatic rings. The molecule has 5 heteroatoms. The van der Waals surface area contributed by atoms with Gasteiger partial charge in [0.1, 0.15) is 11.6 Å². The van der Waals surface area contributed by atoms with Crippen LogP contribution < -0.4 is 11.1 Å². The summed E-state index contributed by atoms with van der Waals surface area (Å²) in [6.07, 6.45) is 2.08. The maximum atomic E-state index is 12.7. The van der Waals surface area contributed by atoms with E-state index in [-0.39, 0.29) is 6.04 Å². The molecule has 2 heterocycles. The van der Waals surface area contributed by atoms with Gasteiger partial charge in [-0.05, 0) is 6.42 Å². The third-order valence-electron chi connectivity index (χ3n) is 2.15. The van der Waals surface area contributed by atoms with E-state index in [2.05, 4.69) is 10.3 Å². The van der Waals surface area contributed by atoms with Crippen molar-refractivity contribution in [3.8, 4) is 0 Å². The molecule has 14 heavy (non-hydrogen) atoms. The molecule has 1 atom stereocenters. The van der Waals surface area contributed by atoms with Crippen LogP contribution in [-0.2, 0) is 4.74 Å². The summed E-state index contributed by atoms with van der Waals surface area (Å²) in [6, 6.07) is 1.49. The van der Waals surface area contributed by atoms with Gasteiger partial charge in [-0.1, -0.05) is 0 Å². The topological polar surface area (TPSA) is 60.2 Å². The Morgan fingerprint density at radius 3 is 3.14 bits per heavy atom. The lowest BCUT2D eigenvalue weighted by Gasteiger charge is -2.12. The first-order valence-corrected chi connectivity index (χ1v) is 4.51. The number of nitrogens with zero attached hydrogens (tertiary/aromatic N) is 1. The number of nitrogens with one attached hydrogen (secondary N) is 1. The summed E-state index contributed by atoms with van der Waals surface area (Å²) >= 11 is 0. The first-order chi connectivity index (χ1) is 6.75. The molecule has 4 nitrogen and oxygen atoms in total. The zero-order chi connectivity index (χ0) is 9.97. The number of anilines is 2. The molecule has 0 bridgehead atoms. The zero-order valence-electron chi connectivity index (χ0n) is 7.66. The molecule has 1 fully saturated rings. The van der Waals surface area contributed by atoms with Crippen LogP contribution in [0.4, 0.5) is 15.9 Å². The van der Waals surface area contributed by atoms with Crippen LogP contribution in [0.1, 0.15) is 6.42 Å². The second kappa shape index (κ2) is 3.79. The highest BCUT2D eigenvalue weighted by Crippen LogP contribution is 2.18. The molecule has 1 aliphatic heterocycles. The quantitative estimate of drug-likeness (QED) is 0.742. The molecule has 1 saturated heterocycles. The van der Waals surface area contributed by atoms with Crippen molar-refractivity contribution in [3.63, 3.8) is 0 Å². The molecule has 0 aromatic carbocycles. The third-order valence-corrected chi connectivity index (χ3v) is 2.15. The first-order valence-electron chi connectivity index (χ1n) is 4.51. The van der Waals surface area contributed by atoms with Crippen LogP contribution in [0.2, 0.25) is 0 Å². The van der Waals surface area contributed by atoms with Crippen molar-refractivity contribution in [2.24, 2.45) is 0 Å². The first kappa shape index (κ1) is 9.21. The van der Waals surface area contributed by atoms with E-state index in [1.54, 1.807) is 0 Å². The molecule has 76 valence electrons. The average Bonchev–Trinajstić information content (AvgIpc) is 2.62. The van der Waals surface area contributed by atoms with Gasteiger partial charge in [0.25, 0.3) is 0 Å². The summed E-state index contributed by atoms with van der Waals surface area (Å²) in [5.74, 6) is 0.109. The summed E-state index contributed by atoms with van der Waals surface area (Å²) < 4.78 is 17.9. The minimum Gasteiger partial charge on any atom is -0.396 e. The van der Waals surface area contributed by atoms with Gasteiger partial charge in [-0.2, -0.15) is 0 Å². The smallest absolute Gasteiger partial charge is 0.149 e. The van der Waals surface area contributed by atoms with Gasteiger partial charge < -0.3 is 15.8 Å². The van der Waals surface area contributed by atoms with E-state index in [1.807, 2.05) is 0 Å². The van der Waals surface area contributed by atoms with Gasteiger partial charge in [-0.3, -0.25) is 0 Å². The van der Waals surface area contributed by atoms with Crippen LogP contribution in [0.25, 0.3) is 0 Å². The van der Waals surface area contributed by atoms with Crippen molar-refractivity contribution in [2.45, 2.75) is 12.5 Å². The van der Waals surface area contributed by atoms with Gasteiger partial charge in [0.05, 0.1) is 24.5 Å². The number of pyridine rings is 1. The number of rotatable bonds is 2. The maximum absolute atomic E-state index is 12.7. The van der Waals surface area contributed by atoms with Crippen molar-refractivity contribution in [3.05, 3.63) is 18.1 Å². The van der Waals surface area contributed by atoms with E-state index in [9.17, 15) is 4.39 Å². The van der Waals surface area contributed by atoms with Gasteiger partial charge >= 0.3 is 0 Å². The monoisotopic (exact) mass is 197 g/mol. The van der Waals surface area contributed by atoms with E-state index < -0.39 is 5.82 Å². The number of aromatic nitrogens is 1. The van der Waals surface area contributed by atoms with E-state index in [0.717, 1.165) is 19.2 Å². The van der Waals surface area contributed by atoms with E-state index in [0.29, 0.717) is 18.1 Å². The fourth-order valence-corrected chi connectivity index (χ4v) is 1.42. The van der Waals surface area contributed by atoms with Gasteiger partial charge in [0, 0.05) is 12.7 Å². The Hall–Kier alpha value is -1.36. The highest BCUT2D eigenvalue weighted by molar-refractivity contribution is 5.61. The molecule has 0 amide bonds. The summed E-state index contributed by atoms with van der Waals surface area (Å²) in [5.41, 5.74) is 5.92. The highest BCUT2D eigenvalue weighted by Gasteiger charge is 2.16. The third kappa shape index (κ3) is 1.93. The summed E-state index contributed by atoms with van der Waals surface area (Å²) in [7, 11) is 0. The van der Waals surface area contributed by atoms with Crippen molar-refractivity contribution in [1.29, 1.82) is 0 Å². The fourth-order valence-electron chi connectivity index (χ4n) is 1.42. The van der Waals surface area contributed by atoms with E-state index in [4.69, 9.17) is 10.5 Å². The zero-order valence-corrected chi connectivity index (χ0v) is 7.66. The van der Waals surface area contributed by atoms with Crippen molar-refractivity contribution in [1.82, 2.24) is 4.98 Å². The Morgan fingerprint density at radius 2 is 2.50 bits per heavy atom. The van der Waals surface area contributed by atoms with Crippen LogP contribution >= 0.6 is 0 Å². The number of halogens is 1. The molecule has 0 radical (unpaired) electrons. The molecule has 1 aromatic heterocycles. The molecule has 3 N–H and O–H groups in total. The SMILES string of the molecule is Nc1cc(F)cnc1NC1CCOC1. The number of hydrogen-bond acceptors (Lipinski definition) is 4. The lowest BCUT2D eigenvalue weighted by molar-refractivity contribution is 0.195. The molecular formula is C9H12FN3O. The number of hydrogen-bond donors (Lipinski definition) is 2. The predicted molar refractivity (Wildman–Crippen MR) is 51.5 cm³/mol. The fraction of sp³-hybridized carbons (Fsp3) is 0.444. The summed E-state index contributed by atoms with van der Waals surface area (Å²) in [5, 5.41) is 3.11. The molecule has 0 spiro atoms. The van der Waals surface area contributed by atoms with Crippen molar-refractivity contribution < 1.29 is 9.13 Å². The summed E-state index contributed by atoms with van der Waals surface area (Å²) in [4.78, 5) is 3.87. The van der Waals surface area contributed by atoms with Gasteiger partial charge in [-0.25, -0.2) is 9.37 Å². The number of nitrogen functional groups attached to an aromatic ring is 1. The van der Waals surface area contributed by atoms with Crippen molar-refractivity contribution in [2.75, 3.05) is 24.3 Å². The minimum atomic E-state index is -0.421. The van der Waals surface area contributed by atoms with Crippen LogP contribution in [0.5, 0.6) is 0 Å². The van der Waals surface area contributed by atoms with Gasteiger partial charge in [0.2, 0.25) is 0 Å². The molecule has 1 aromatic rings. The maximum Gasteiger partial charge on any atom is 0.149 e. The van der Waals surface area contributed by atoms with Crippen LogP contribution in [0, 0.1) is 5.82 Å². The van der Waals surface area contributed by atoms with Crippen LogP contribution in [-0.4, -0.2) is 24.2 Å². The lowest BCUT2D eigenvalue weighted by atomic mass is 10.2. The van der Waals surface area contributed by atoms with Gasteiger partial charge in [-0.15, -0.1) is 0 Å². The number of ether oxygens (including phenoxy) is 1. The predicted octanol–water partition coefficient (Wildman–Crippen LogP) is 1.00. The standard InChI is InChI=1S/C9H12FN3O/c10-6-3-8(11)9(12-4-6)13-7-1-2-14-5-7/h3-4,7H,1-2,5,11H2,(H,12,13). The minimum absolute atomic E-state index is 0.232. The molecular weight excluding hydrogens is 185 g/mol. The highest BCUT2D eigenvalue weighted by atomic mass is 19.1. The molecule has 1 unspecified atom stereocenters. The molecule has 2 rings (SSSR count). The Kier molecular flexibility index (Phi) is 2.49. The van der Waals surface area contributed by atoms with Gasteiger partial charge in [0.15, 0.2) is 0 Å². The Labute approximate surface area is 81.3 Å². The normalized spacial score (nSPS) is 21.1.